The fourth-order valence-electron chi connectivity index (χ4n) is 1.06. The molecule has 0 aromatic carbocycles. The summed E-state index contributed by atoms with van der Waals surface area (Å²) in [4.78, 5) is 8.42. The fraction of sp³-hybridized carbons (Fsp3) is 0.200. The number of furan rings is 1. The number of rotatable bonds is 3. The average Bonchev–Trinajstić information content (AvgIpc) is 2.69. The van der Waals surface area contributed by atoms with Gasteiger partial charge in [0, 0.05) is 23.7 Å². The minimum absolute atomic E-state index is 0.871. The second-order valence-corrected chi connectivity index (χ2v) is 3.83. The smallest absolute Gasteiger partial charge is 0.118 e. The maximum absolute atomic E-state index is 4.98. The Morgan fingerprint density at radius 1 is 1.36 bits per heavy atom. The first-order valence-electron chi connectivity index (χ1n) is 4.28. The van der Waals surface area contributed by atoms with Crippen molar-refractivity contribution in [1.29, 1.82) is 0 Å². The van der Waals surface area contributed by atoms with Gasteiger partial charge in [0.05, 0.1) is 18.2 Å². The van der Waals surface area contributed by atoms with Gasteiger partial charge in [0.25, 0.3) is 0 Å². The number of thioether (sulfide) groups is 1. The van der Waals surface area contributed by atoms with Crippen LogP contribution in [0, 0.1) is 6.92 Å². The first-order chi connectivity index (χ1) is 6.86. The van der Waals surface area contributed by atoms with Crippen LogP contribution in [-0.4, -0.2) is 9.97 Å². The summed E-state index contributed by atoms with van der Waals surface area (Å²) in [6.45, 7) is 1.96. The molecule has 0 spiro atoms. The molecule has 0 aliphatic carbocycles. The second-order valence-electron chi connectivity index (χ2n) is 2.87. The van der Waals surface area contributed by atoms with E-state index < -0.39 is 0 Å². The van der Waals surface area contributed by atoms with Crippen LogP contribution in [0.5, 0.6) is 0 Å². The predicted octanol–water partition coefficient (Wildman–Crippen LogP) is 2.67. The van der Waals surface area contributed by atoms with Crippen molar-refractivity contribution < 1.29 is 4.42 Å². The molecule has 72 valence electrons. The van der Waals surface area contributed by atoms with E-state index in [2.05, 4.69) is 9.97 Å². The van der Waals surface area contributed by atoms with E-state index in [4.69, 9.17) is 4.42 Å². The van der Waals surface area contributed by atoms with E-state index in [1.807, 2.05) is 13.0 Å². The van der Waals surface area contributed by atoms with Gasteiger partial charge in [-0.25, -0.2) is 4.98 Å². The van der Waals surface area contributed by atoms with E-state index in [9.17, 15) is 0 Å². The van der Waals surface area contributed by atoms with Crippen molar-refractivity contribution in [3.63, 3.8) is 0 Å². The van der Waals surface area contributed by atoms with Crippen LogP contribution < -0.4 is 0 Å². The van der Waals surface area contributed by atoms with Crippen LogP contribution in [0.2, 0.25) is 0 Å². The van der Waals surface area contributed by atoms with Crippen LogP contribution in [0.4, 0.5) is 0 Å². The van der Waals surface area contributed by atoms with E-state index >= 15 is 0 Å². The molecule has 2 aromatic rings. The van der Waals surface area contributed by atoms with Crippen LogP contribution in [0.15, 0.2) is 40.4 Å². The summed E-state index contributed by atoms with van der Waals surface area (Å²) in [5, 5.41) is 0.980. The quantitative estimate of drug-likeness (QED) is 0.724. The molecule has 0 radical (unpaired) electrons. The number of hydrogen-bond acceptors (Lipinski definition) is 4. The molecular formula is C10H10N2OS. The Bertz CT molecular complexity index is 400. The molecular weight excluding hydrogens is 196 g/mol. The largest absolute Gasteiger partial charge is 0.472 e. The third-order valence-electron chi connectivity index (χ3n) is 1.79. The van der Waals surface area contributed by atoms with Crippen molar-refractivity contribution in [2.75, 3.05) is 0 Å². The lowest BCUT2D eigenvalue weighted by Gasteiger charge is -2.00. The van der Waals surface area contributed by atoms with Gasteiger partial charge in [-0.1, -0.05) is 11.8 Å². The van der Waals surface area contributed by atoms with Gasteiger partial charge < -0.3 is 4.42 Å². The summed E-state index contributed by atoms with van der Waals surface area (Å²) >= 11 is 1.67. The minimum atomic E-state index is 0.871. The maximum atomic E-state index is 4.98. The summed E-state index contributed by atoms with van der Waals surface area (Å²) in [6, 6.07) is 1.96. The molecule has 0 fully saturated rings. The summed E-state index contributed by atoms with van der Waals surface area (Å²) in [5.74, 6) is 0.871. The SMILES string of the molecule is Cc1nccnc1SCc1ccoc1. The third kappa shape index (κ3) is 2.14. The Kier molecular flexibility index (Phi) is 2.84. The van der Waals surface area contributed by atoms with Crippen molar-refractivity contribution in [2.45, 2.75) is 17.7 Å². The predicted molar refractivity (Wildman–Crippen MR) is 55.0 cm³/mol. The van der Waals surface area contributed by atoms with Crippen molar-refractivity contribution in [3.05, 3.63) is 42.2 Å². The molecule has 0 aliphatic rings. The lowest BCUT2D eigenvalue weighted by atomic mass is 10.4. The van der Waals surface area contributed by atoms with Crippen LogP contribution in [-0.2, 0) is 5.75 Å². The van der Waals surface area contributed by atoms with Gasteiger partial charge in [0.2, 0.25) is 0 Å². The highest BCUT2D eigenvalue weighted by atomic mass is 32.2. The van der Waals surface area contributed by atoms with Gasteiger partial charge in [0.15, 0.2) is 0 Å². The molecule has 0 saturated heterocycles. The summed E-state index contributed by atoms with van der Waals surface area (Å²) < 4.78 is 4.98. The highest BCUT2D eigenvalue weighted by Gasteiger charge is 2.01. The summed E-state index contributed by atoms with van der Waals surface area (Å²) in [5.41, 5.74) is 2.14. The van der Waals surface area contributed by atoms with Crippen LogP contribution >= 0.6 is 11.8 Å². The molecule has 14 heavy (non-hydrogen) atoms. The minimum Gasteiger partial charge on any atom is -0.472 e. The van der Waals surface area contributed by atoms with E-state index in [0.29, 0.717) is 0 Å². The van der Waals surface area contributed by atoms with E-state index in [1.54, 1.807) is 36.7 Å². The number of nitrogens with zero attached hydrogens (tertiary/aromatic N) is 2. The van der Waals surface area contributed by atoms with Gasteiger partial charge in [-0.2, -0.15) is 0 Å². The Hall–Kier alpha value is -1.29. The molecule has 4 heteroatoms. The van der Waals surface area contributed by atoms with Crippen LogP contribution in [0.1, 0.15) is 11.3 Å². The van der Waals surface area contributed by atoms with Gasteiger partial charge in [-0.3, -0.25) is 4.98 Å². The summed E-state index contributed by atoms with van der Waals surface area (Å²) in [6.07, 6.45) is 6.85. The van der Waals surface area contributed by atoms with Crippen LogP contribution in [0.3, 0.4) is 0 Å². The van der Waals surface area contributed by atoms with Gasteiger partial charge >= 0.3 is 0 Å². The summed E-state index contributed by atoms with van der Waals surface area (Å²) in [7, 11) is 0. The molecule has 0 unspecified atom stereocenters. The zero-order valence-corrected chi connectivity index (χ0v) is 8.62. The fourth-order valence-corrected chi connectivity index (χ4v) is 1.93. The maximum Gasteiger partial charge on any atom is 0.118 e. The Morgan fingerprint density at radius 3 is 2.93 bits per heavy atom. The monoisotopic (exact) mass is 206 g/mol. The molecule has 3 nitrogen and oxygen atoms in total. The normalized spacial score (nSPS) is 10.4. The molecule has 2 rings (SSSR count). The third-order valence-corrected chi connectivity index (χ3v) is 2.94. The molecule has 0 aliphatic heterocycles. The Morgan fingerprint density at radius 2 is 2.21 bits per heavy atom. The first-order valence-corrected chi connectivity index (χ1v) is 5.26. The lowest BCUT2D eigenvalue weighted by Crippen LogP contribution is -1.88. The van der Waals surface area contributed by atoms with Gasteiger partial charge in [-0.15, -0.1) is 0 Å². The lowest BCUT2D eigenvalue weighted by molar-refractivity contribution is 0.565. The van der Waals surface area contributed by atoms with E-state index in [0.717, 1.165) is 16.5 Å². The number of aryl methyl sites for hydroxylation is 1. The van der Waals surface area contributed by atoms with Crippen molar-refractivity contribution in [2.24, 2.45) is 0 Å². The molecule has 0 atom stereocenters. The molecule has 0 saturated carbocycles. The highest BCUT2D eigenvalue weighted by Crippen LogP contribution is 2.22. The molecule has 0 amide bonds. The highest BCUT2D eigenvalue weighted by molar-refractivity contribution is 7.98. The average molecular weight is 206 g/mol. The molecule has 0 N–H and O–H groups in total. The van der Waals surface area contributed by atoms with E-state index in [-0.39, 0.29) is 0 Å². The van der Waals surface area contributed by atoms with Gasteiger partial charge in [0.1, 0.15) is 5.03 Å². The zero-order valence-electron chi connectivity index (χ0n) is 7.80. The van der Waals surface area contributed by atoms with Crippen molar-refractivity contribution >= 4 is 11.8 Å². The molecule has 0 bridgehead atoms. The first kappa shape index (κ1) is 9.27. The standard InChI is InChI=1S/C10H10N2OS/c1-8-10(12-4-3-11-8)14-7-9-2-5-13-6-9/h2-6H,7H2,1H3. The van der Waals surface area contributed by atoms with Crippen molar-refractivity contribution in [3.8, 4) is 0 Å². The van der Waals surface area contributed by atoms with E-state index in [1.165, 1.54) is 5.56 Å². The number of hydrogen-bond donors (Lipinski definition) is 0. The van der Waals surface area contributed by atoms with Crippen molar-refractivity contribution in [1.82, 2.24) is 9.97 Å². The van der Waals surface area contributed by atoms with Gasteiger partial charge in [-0.05, 0) is 13.0 Å². The Labute approximate surface area is 86.6 Å². The topological polar surface area (TPSA) is 38.9 Å². The number of aromatic nitrogens is 2. The zero-order chi connectivity index (χ0) is 9.80. The molecule has 2 aromatic heterocycles. The Balaban J connectivity index is 2.02. The van der Waals surface area contributed by atoms with Crippen LogP contribution in [0.25, 0.3) is 0 Å². The molecule has 2 heterocycles. The second kappa shape index (κ2) is 4.28.